The molecule has 178 valence electrons. The zero-order valence-corrected chi connectivity index (χ0v) is 19.0. The molecule has 0 bridgehead atoms. The normalized spacial score (nSPS) is 17.0. The van der Waals surface area contributed by atoms with Crippen LogP contribution in [0.5, 0.6) is 0 Å². The maximum atomic E-state index is 14.7. The summed E-state index contributed by atoms with van der Waals surface area (Å²) >= 11 is 1.35. The van der Waals surface area contributed by atoms with Crippen molar-refractivity contribution in [1.29, 1.82) is 5.26 Å². The SMILES string of the molecule is N#Cc1cc(S(N)(=O)=O)cc(F)c1N[C@H](CCN1CCC(F)(F)C1)CSc1ccc(F)cc1. The lowest BCUT2D eigenvalue weighted by Gasteiger charge is -2.24. The standard InChI is InChI=1S/C21H22F4N4O2S2/c22-15-1-3-17(4-2-15)32-12-16(5-7-29-8-6-21(24,25)13-29)28-20-14(11-26)9-18(10-19(20)23)33(27,30)31/h1-4,9-10,16,28H,5-8,12-13H2,(H2,27,30,31)/t16-/m1/s1. The van der Waals surface area contributed by atoms with Gasteiger partial charge in [0.2, 0.25) is 10.0 Å². The van der Waals surface area contributed by atoms with Crippen LogP contribution in [0.1, 0.15) is 18.4 Å². The van der Waals surface area contributed by atoms with Gasteiger partial charge in [0, 0.05) is 36.2 Å². The van der Waals surface area contributed by atoms with Crippen LogP contribution >= 0.6 is 11.8 Å². The molecule has 1 aliphatic rings. The minimum Gasteiger partial charge on any atom is -0.378 e. The second kappa shape index (κ2) is 10.3. The number of nitrogens with two attached hydrogens (primary N) is 1. The van der Waals surface area contributed by atoms with E-state index in [0.717, 1.165) is 17.0 Å². The van der Waals surface area contributed by atoms with Gasteiger partial charge in [-0.05, 0) is 42.8 Å². The van der Waals surface area contributed by atoms with Gasteiger partial charge in [0.15, 0.2) is 0 Å². The van der Waals surface area contributed by atoms with E-state index in [1.54, 1.807) is 23.1 Å². The Labute approximate surface area is 193 Å². The van der Waals surface area contributed by atoms with Crippen molar-refractivity contribution in [2.24, 2.45) is 5.14 Å². The number of benzene rings is 2. The molecule has 0 unspecified atom stereocenters. The predicted molar refractivity (Wildman–Crippen MR) is 118 cm³/mol. The second-order valence-electron chi connectivity index (χ2n) is 7.76. The Morgan fingerprint density at radius 3 is 2.52 bits per heavy atom. The lowest BCUT2D eigenvalue weighted by atomic mass is 10.1. The molecule has 1 saturated heterocycles. The number of likely N-dealkylation sites (tertiary alicyclic amines) is 1. The van der Waals surface area contributed by atoms with Crippen molar-refractivity contribution >= 4 is 27.5 Å². The first-order chi connectivity index (χ1) is 15.5. The molecule has 2 aromatic rings. The van der Waals surface area contributed by atoms with Crippen LogP contribution in [0.25, 0.3) is 0 Å². The molecule has 0 spiro atoms. The zero-order chi connectivity index (χ0) is 24.2. The van der Waals surface area contributed by atoms with Crippen molar-refractivity contribution in [2.45, 2.75) is 34.6 Å². The number of halogens is 4. The Bertz CT molecular complexity index is 1140. The molecule has 0 radical (unpaired) electrons. The van der Waals surface area contributed by atoms with E-state index in [9.17, 15) is 31.2 Å². The van der Waals surface area contributed by atoms with E-state index in [1.807, 2.05) is 0 Å². The van der Waals surface area contributed by atoms with Crippen LogP contribution in [-0.2, 0) is 10.0 Å². The monoisotopic (exact) mass is 502 g/mol. The number of nitrogens with zero attached hydrogens (tertiary/aromatic N) is 2. The Morgan fingerprint density at radius 1 is 1.24 bits per heavy atom. The summed E-state index contributed by atoms with van der Waals surface area (Å²) in [7, 11) is -4.22. The number of alkyl halides is 2. The number of hydrogen-bond donors (Lipinski definition) is 2. The Balaban J connectivity index is 1.79. The van der Waals surface area contributed by atoms with Crippen molar-refractivity contribution in [3.8, 4) is 6.07 Å². The van der Waals surface area contributed by atoms with Crippen molar-refractivity contribution in [3.05, 3.63) is 53.6 Å². The van der Waals surface area contributed by atoms with Crippen LogP contribution in [0.3, 0.4) is 0 Å². The van der Waals surface area contributed by atoms with E-state index >= 15 is 0 Å². The van der Waals surface area contributed by atoms with Gasteiger partial charge in [-0.25, -0.2) is 31.1 Å². The van der Waals surface area contributed by atoms with Crippen LogP contribution in [0.2, 0.25) is 0 Å². The molecule has 1 atom stereocenters. The van der Waals surface area contributed by atoms with Crippen LogP contribution < -0.4 is 10.5 Å². The predicted octanol–water partition coefficient (Wildman–Crippen LogP) is 3.79. The summed E-state index contributed by atoms with van der Waals surface area (Å²) in [5, 5.41) is 17.4. The van der Waals surface area contributed by atoms with E-state index in [-0.39, 0.29) is 36.6 Å². The maximum absolute atomic E-state index is 14.7. The molecule has 0 amide bonds. The van der Waals surface area contributed by atoms with E-state index < -0.39 is 32.7 Å². The van der Waals surface area contributed by atoms with Crippen molar-refractivity contribution in [1.82, 2.24) is 4.90 Å². The number of nitriles is 1. The molecule has 6 nitrogen and oxygen atoms in total. The lowest BCUT2D eigenvalue weighted by molar-refractivity contribution is 0.0121. The van der Waals surface area contributed by atoms with Gasteiger partial charge in [-0.1, -0.05) is 0 Å². The first-order valence-corrected chi connectivity index (χ1v) is 12.5. The molecule has 1 fully saturated rings. The largest absolute Gasteiger partial charge is 0.378 e. The van der Waals surface area contributed by atoms with Gasteiger partial charge in [0.1, 0.15) is 17.7 Å². The highest BCUT2D eigenvalue weighted by atomic mass is 32.2. The first-order valence-electron chi connectivity index (χ1n) is 9.98. The fraction of sp³-hybridized carbons (Fsp3) is 0.381. The van der Waals surface area contributed by atoms with Gasteiger partial charge in [-0.15, -0.1) is 11.8 Å². The van der Waals surface area contributed by atoms with Crippen LogP contribution in [-0.4, -0.2) is 50.7 Å². The third kappa shape index (κ3) is 7.07. The number of thioether (sulfide) groups is 1. The molecule has 0 aromatic heterocycles. The number of hydrogen-bond acceptors (Lipinski definition) is 6. The molecule has 1 aliphatic heterocycles. The molecular weight excluding hydrogens is 480 g/mol. The molecule has 0 saturated carbocycles. The van der Waals surface area contributed by atoms with Crippen LogP contribution in [0.15, 0.2) is 46.2 Å². The molecule has 33 heavy (non-hydrogen) atoms. The fourth-order valence-electron chi connectivity index (χ4n) is 3.45. The summed E-state index contributed by atoms with van der Waals surface area (Å²) in [4.78, 5) is 1.84. The average Bonchev–Trinajstić information content (AvgIpc) is 3.10. The average molecular weight is 503 g/mol. The minimum atomic E-state index is -4.22. The van der Waals surface area contributed by atoms with Crippen molar-refractivity contribution < 1.29 is 26.0 Å². The van der Waals surface area contributed by atoms with Gasteiger partial charge in [0.05, 0.1) is 22.7 Å². The Hall–Kier alpha value is -2.33. The molecule has 0 aliphatic carbocycles. The lowest BCUT2D eigenvalue weighted by Crippen LogP contribution is -2.32. The molecule has 3 N–H and O–H groups in total. The number of rotatable bonds is 9. The highest BCUT2D eigenvalue weighted by Crippen LogP contribution is 2.29. The first kappa shape index (κ1) is 25.3. The molecular formula is C21H22F4N4O2S2. The van der Waals surface area contributed by atoms with Crippen molar-refractivity contribution in [2.75, 3.05) is 30.7 Å². The molecule has 12 heteroatoms. The number of nitrogens with one attached hydrogen (secondary N) is 1. The quantitative estimate of drug-likeness (QED) is 0.400. The molecule has 3 rings (SSSR count). The number of anilines is 1. The summed E-state index contributed by atoms with van der Waals surface area (Å²) in [6.07, 6.45) is 0.128. The van der Waals surface area contributed by atoms with Gasteiger partial charge >= 0.3 is 0 Å². The number of sulfonamides is 1. The van der Waals surface area contributed by atoms with Gasteiger partial charge in [0.25, 0.3) is 5.92 Å². The summed E-state index contributed by atoms with van der Waals surface area (Å²) in [6, 6.07) is 8.78. The van der Waals surface area contributed by atoms with Crippen LogP contribution in [0, 0.1) is 23.0 Å². The number of primary sulfonamides is 1. The van der Waals surface area contributed by atoms with Gasteiger partial charge in [-0.2, -0.15) is 5.26 Å². The van der Waals surface area contributed by atoms with Crippen LogP contribution in [0.4, 0.5) is 23.2 Å². The Morgan fingerprint density at radius 2 is 1.94 bits per heavy atom. The second-order valence-corrected chi connectivity index (χ2v) is 10.4. The van der Waals surface area contributed by atoms with Gasteiger partial charge < -0.3 is 5.32 Å². The highest BCUT2D eigenvalue weighted by Gasteiger charge is 2.38. The summed E-state index contributed by atoms with van der Waals surface area (Å²) in [5.41, 5.74) is -0.440. The topological polar surface area (TPSA) is 99.2 Å². The molecule has 1 heterocycles. The van der Waals surface area contributed by atoms with E-state index in [4.69, 9.17) is 5.14 Å². The minimum absolute atomic E-state index is 0.193. The van der Waals surface area contributed by atoms with Gasteiger partial charge in [-0.3, -0.25) is 4.90 Å². The molecule has 2 aromatic carbocycles. The van der Waals surface area contributed by atoms with Crippen molar-refractivity contribution in [3.63, 3.8) is 0 Å². The third-order valence-corrected chi connectivity index (χ3v) is 7.24. The maximum Gasteiger partial charge on any atom is 0.261 e. The van der Waals surface area contributed by atoms with E-state index in [2.05, 4.69) is 5.32 Å². The summed E-state index contributed by atoms with van der Waals surface area (Å²) < 4.78 is 78.1. The van der Waals surface area contributed by atoms with E-state index in [1.165, 1.54) is 23.9 Å². The fourth-order valence-corrected chi connectivity index (χ4v) is 4.97. The third-order valence-electron chi connectivity index (χ3n) is 5.17. The smallest absolute Gasteiger partial charge is 0.261 e. The summed E-state index contributed by atoms with van der Waals surface area (Å²) in [5.74, 6) is -3.74. The van der Waals surface area contributed by atoms with E-state index in [0.29, 0.717) is 18.7 Å². The Kier molecular flexibility index (Phi) is 7.89. The zero-order valence-electron chi connectivity index (χ0n) is 17.4. The summed E-state index contributed by atoms with van der Waals surface area (Å²) in [6.45, 7) is 0.202. The highest BCUT2D eigenvalue weighted by molar-refractivity contribution is 7.99.